The molecular formula is C19H19ClN2O2. The van der Waals surface area contributed by atoms with Gasteiger partial charge in [0.05, 0.1) is 6.61 Å². The van der Waals surface area contributed by atoms with Gasteiger partial charge < -0.3 is 10.1 Å². The Hall–Kier alpha value is -2.51. The van der Waals surface area contributed by atoms with Crippen molar-refractivity contribution >= 4 is 23.3 Å². The quantitative estimate of drug-likeness (QED) is 0.479. The Morgan fingerprint density at radius 2 is 2.12 bits per heavy atom. The lowest BCUT2D eigenvalue weighted by Crippen LogP contribution is -2.08. The molecule has 4 nitrogen and oxygen atoms in total. The number of para-hydroxylation sites is 1. The molecular weight excluding hydrogens is 324 g/mol. The third kappa shape index (κ3) is 4.74. The Morgan fingerprint density at radius 1 is 1.38 bits per heavy atom. The minimum Gasteiger partial charge on any atom is -0.462 e. The standard InChI is InChI=1S/C19H19ClN2O2/c1-2-24-19(23)16(12-21)11-14-7-6-8-15(18(14)20)13-22-17-9-4-3-5-10-17/h3-5,9-11,13,22H,2,6-8H2,1H3/b15-13-,16-11+. The molecule has 0 bridgehead atoms. The zero-order valence-electron chi connectivity index (χ0n) is 13.5. The molecule has 0 saturated heterocycles. The number of allylic oxidation sites excluding steroid dienone is 4. The molecule has 124 valence electrons. The molecule has 0 amide bonds. The van der Waals surface area contributed by atoms with E-state index in [0.717, 1.165) is 36.1 Å². The van der Waals surface area contributed by atoms with Crippen LogP contribution in [0.3, 0.4) is 0 Å². The zero-order chi connectivity index (χ0) is 17.4. The first-order valence-electron chi connectivity index (χ1n) is 7.84. The van der Waals surface area contributed by atoms with E-state index in [-0.39, 0.29) is 12.2 Å². The van der Waals surface area contributed by atoms with Gasteiger partial charge in [-0.15, -0.1) is 0 Å². The molecule has 2 rings (SSSR count). The summed E-state index contributed by atoms with van der Waals surface area (Å²) in [6, 6.07) is 11.7. The number of carbonyl (C=O) groups is 1. The van der Waals surface area contributed by atoms with Gasteiger partial charge in [-0.1, -0.05) is 29.8 Å². The summed E-state index contributed by atoms with van der Waals surface area (Å²) in [6.45, 7) is 1.94. The molecule has 1 aromatic carbocycles. The topological polar surface area (TPSA) is 62.1 Å². The molecule has 5 heteroatoms. The van der Waals surface area contributed by atoms with Gasteiger partial charge >= 0.3 is 5.97 Å². The lowest BCUT2D eigenvalue weighted by Gasteiger charge is -2.17. The fourth-order valence-electron chi connectivity index (χ4n) is 2.39. The number of esters is 1. The lowest BCUT2D eigenvalue weighted by molar-refractivity contribution is -0.138. The van der Waals surface area contributed by atoms with Gasteiger partial charge in [0.15, 0.2) is 0 Å². The van der Waals surface area contributed by atoms with Gasteiger partial charge in [0.1, 0.15) is 11.6 Å². The van der Waals surface area contributed by atoms with Gasteiger partial charge in [-0.2, -0.15) is 5.26 Å². The summed E-state index contributed by atoms with van der Waals surface area (Å²) < 4.78 is 4.88. The van der Waals surface area contributed by atoms with Crippen molar-refractivity contribution in [2.75, 3.05) is 11.9 Å². The van der Waals surface area contributed by atoms with Crippen LogP contribution in [0.5, 0.6) is 0 Å². The number of benzene rings is 1. The van der Waals surface area contributed by atoms with Crippen LogP contribution in [0.25, 0.3) is 0 Å². The molecule has 1 aliphatic carbocycles. The van der Waals surface area contributed by atoms with Crippen LogP contribution in [0, 0.1) is 11.3 Å². The van der Waals surface area contributed by atoms with Crippen LogP contribution in [0.4, 0.5) is 5.69 Å². The highest BCUT2D eigenvalue weighted by Gasteiger charge is 2.17. The number of halogens is 1. The van der Waals surface area contributed by atoms with Gasteiger partial charge in [0, 0.05) is 16.9 Å². The van der Waals surface area contributed by atoms with E-state index < -0.39 is 5.97 Å². The number of nitrogens with zero attached hydrogens (tertiary/aromatic N) is 1. The van der Waals surface area contributed by atoms with Gasteiger partial charge in [-0.3, -0.25) is 0 Å². The maximum absolute atomic E-state index is 11.7. The van der Waals surface area contributed by atoms with Gasteiger partial charge in [0.2, 0.25) is 0 Å². The van der Waals surface area contributed by atoms with Crippen molar-refractivity contribution in [1.82, 2.24) is 0 Å². The van der Waals surface area contributed by atoms with Crippen LogP contribution in [0.15, 0.2) is 64.4 Å². The Balaban J connectivity index is 2.23. The molecule has 1 aromatic rings. The smallest absolute Gasteiger partial charge is 0.348 e. The van der Waals surface area contributed by atoms with Crippen LogP contribution in [-0.2, 0) is 9.53 Å². The monoisotopic (exact) mass is 342 g/mol. The van der Waals surface area contributed by atoms with Crippen LogP contribution < -0.4 is 5.32 Å². The van der Waals surface area contributed by atoms with E-state index in [1.807, 2.05) is 42.6 Å². The van der Waals surface area contributed by atoms with Crippen molar-refractivity contribution in [2.24, 2.45) is 0 Å². The first kappa shape index (κ1) is 17.8. The maximum Gasteiger partial charge on any atom is 0.348 e. The SMILES string of the molecule is CCOC(=O)/C(C#N)=C/C1=C(Cl)C(=C\Nc2ccccc2)/CCC1. The van der Waals surface area contributed by atoms with Crippen molar-refractivity contribution in [1.29, 1.82) is 5.26 Å². The molecule has 0 aromatic heterocycles. The van der Waals surface area contributed by atoms with E-state index in [1.165, 1.54) is 6.08 Å². The first-order valence-corrected chi connectivity index (χ1v) is 8.22. The second-order valence-electron chi connectivity index (χ2n) is 5.26. The lowest BCUT2D eigenvalue weighted by atomic mass is 9.94. The molecule has 0 fully saturated rings. The summed E-state index contributed by atoms with van der Waals surface area (Å²) in [5.41, 5.74) is 2.69. The average Bonchev–Trinajstić information content (AvgIpc) is 2.61. The fourth-order valence-corrected chi connectivity index (χ4v) is 2.69. The highest BCUT2D eigenvalue weighted by atomic mass is 35.5. The summed E-state index contributed by atoms with van der Waals surface area (Å²) in [4.78, 5) is 11.7. The molecule has 0 atom stereocenters. The van der Waals surface area contributed by atoms with Crippen LogP contribution >= 0.6 is 11.6 Å². The summed E-state index contributed by atoms with van der Waals surface area (Å²) in [7, 11) is 0. The first-order chi connectivity index (χ1) is 11.7. The summed E-state index contributed by atoms with van der Waals surface area (Å²) >= 11 is 6.46. The Kier molecular flexibility index (Phi) is 6.65. The summed E-state index contributed by atoms with van der Waals surface area (Å²) in [5, 5.41) is 12.9. The molecule has 0 heterocycles. The molecule has 1 N–H and O–H groups in total. The molecule has 0 saturated carbocycles. The molecule has 24 heavy (non-hydrogen) atoms. The molecule has 0 spiro atoms. The number of hydrogen-bond acceptors (Lipinski definition) is 4. The van der Waals surface area contributed by atoms with Gasteiger partial charge in [-0.25, -0.2) is 4.79 Å². The normalized spacial score (nSPS) is 16.7. The van der Waals surface area contributed by atoms with E-state index in [1.54, 1.807) is 6.92 Å². The van der Waals surface area contributed by atoms with Gasteiger partial charge in [0.25, 0.3) is 0 Å². The Morgan fingerprint density at radius 3 is 2.79 bits per heavy atom. The molecule has 0 radical (unpaired) electrons. The van der Waals surface area contributed by atoms with Crippen molar-refractivity contribution in [3.05, 3.63) is 64.4 Å². The maximum atomic E-state index is 11.7. The molecule has 0 aliphatic heterocycles. The van der Waals surface area contributed by atoms with E-state index in [4.69, 9.17) is 21.6 Å². The average molecular weight is 343 g/mol. The van der Waals surface area contributed by atoms with Crippen LogP contribution in [0.1, 0.15) is 26.2 Å². The number of rotatable bonds is 5. The fraction of sp³-hybridized carbons (Fsp3) is 0.263. The third-order valence-corrected chi connectivity index (χ3v) is 4.06. The minimum atomic E-state index is -0.615. The predicted molar refractivity (Wildman–Crippen MR) is 95.2 cm³/mol. The number of ether oxygens (including phenoxy) is 1. The second kappa shape index (κ2) is 8.95. The number of anilines is 1. The Bertz CT molecular complexity index is 727. The van der Waals surface area contributed by atoms with Crippen molar-refractivity contribution in [3.8, 4) is 6.07 Å². The van der Waals surface area contributed by atoms with E-state index >= 15 is 0 Å². The minimum absolute atomic E-state index is 0.0257. The second-order valence-corrected chi connectivity index (χ2v) is 5.64. The highest BCUT2D eigenvalue weighted by molar-refractivity contribution is 6.32. The molecule has 0 unspecified atom stereocenters. The molecule has 1 aliphatic rings. The number of nitriles is 1. The summed E-state index contributed by atoms with van der Waals surface area (Å²) in [5.74, 6) is -0.615. The largest absolute Gasteiger partial charge is 0.462 e. The van der Waals surface area contributed by atoms with Crippen LogP contribution in [0.2, 0.25) is 0 Å². The van der Waals surface area contributed by atoms with Crippen LogP contribution in [-0.4, -0.2) is 12.6 Å². The third-order valence-electron chi connectivity index (χ3n) is 3.58. The van der Waals surface area contributed by atoms with Crippen molar-refractivity contribution < 1.29 is 9.53 Å². The summed E-state index contributed by atoms with van der Waals surface area (Å²) in [6.07, 6.45) is 5.90. The van der Waals surface area contributed by atoms with E-state index in [9.17, 15) is 4.79 Å². The van der Waals surface area contributed by atoms with E-state index in [2.05, 4.69) is 5.32 Å². The van der Waals surface area contributed by atoms with E-state index in [0.29, 0.717) is 5.03 Å². The zero-order valence-corrected chi connectivity index (χ0v) is 14.3. The predicted octanol–water partition coefficient (Wildman–Crippen LogP) is 4.67. The Labute approximate surface area is 147 Å². The van der Waals surface area contributed by atoms with Crippen molar-refractivity contribution in [2.45, 2.75) is 26.2 Å². The highest BCUT2D eigenvalue weighted by Crippen LogP contribution is 2.33. The van der Waals surface area contributed by atoms with Gasteiger partial charge in [-0.05, 0) is 55.5 Å². The number of carbonyl (C=O) groups excluding carboxylic acids is 1. The number of nitrogens with one attached hydrogen (secondary N) is 1. The number of hydrogen-bond donors (Lipinski definition) is 1. The van der Waals surface area contributed by atoms with Crippen molar-refractivity contribution in [3.63, 3.8) is 0 Å².